The van der Waals surface area contributed by atoms with Crippen LogP contribution in [0.3, 0.4) is 0 Å². The van der Waals surface area contributed by atoms with E-state index < -0.39 is 29.7 Å². The molecule has 1 heterocycles. The second-order valence-corrected chi connectivity index (χ2v) is 5.04. The molecule has 0 radical (unpaired) electrons. The summed E-state index contributed by atoms with van der Waals surface area (Å²) in [7, 11) is 0. The lowest BCUT2D eigenvalue weighted by Crippen LogP contribution is -2.31. The number of halogens is 3. The van der Waals surface area contributed by atoms with Crippen molar-refractivity contribution < 1.29 is 27.9 Å². The van der Waals surface area contributed by atoms with E-state index in [-0.39, 0.29) is 23.6 Å². The van der Waals surface area contributed by atoms with E-state index in [1.54, 1.807) is 0 Å². The van der Waals surface area contributed by atoms with Gasteiger partial charge in [-0.3, -0.25) is 14.5 Å². The molecule has 22 heavy (non-hydrogen) atoms. The number of anilines is 1. The van der Waals surface area contributed by atoms with Crippen molar-refractivity contribution in [3.8, 4) is 0 Å². The van der Waals surface area contributed by atoms with Gasteiger partial charge in [-0.25, -0.2) is 0 Å². The van der Waals surface area contributed by atoms with Gasteiger partial charge in [0.15, 0.2) is 5.11 Å². The van der Waals surface area contributed by atoms with Crippen LogP contribution in [-0.2, 0) is 15.8 Å². The highest BCUT2D eigenvalue weighted by molar-refractivity contribution is 7.80. The van der Waals surface area contributed by atoms with Gasteiger partial charge in [0.25, 0.3) is 5.91 Å². The van der Waals surface area contributed by atoms with Crippen LogP contribution in [0.1, 0.15) is 18.4 Å². The molecule has 0 saturated carbocycles. The van der Waals surface area contributed by atoms with Crippen LogP contribution in [0.5, 0.6) is 0 Å². The van der Waals surface area contributed by atoms with E-state index in [2.05, 4.69) is 5.32 Å². The van der Waals surface area contributed by atoms with E-state index in [1.807, 2.05) is 0 Å². The molecule has 1 saturated heterocycles. The Morgan fingerprint density at radius 1 is 1.41 bits per heavy atom. The molecule has 1 aromatic carbocycles. The van der Waals surface area contributed by atoms with Crippen LogP contribution in [0, 0.1) is 0 Å². The van der Waals surface area contributed by atoms with E-state index in [4.69, 9.17) is 17.3 Å². The first-order valence-electron chi connectivity index (χ1n) is 6.23. The van der Waals surface area contributed by atoms with Crippen molar-refractivity contribution in [2.75, 3.05) is 4.90 Å². The van der Waals surface area contributed by atoms with Crippen molar-refractivity contribution in [2.24, 2.45) is 0 Å². The summed E-state index contributed by atoms with van der Waals surface area (Å²) < 4.78 is 38.2. The maximum atomic E-state index is 12.7. The molecular weight excluding hydrogens is 321 g/mol. The van der Waals surface area contributed by atoms with Gasteiger partial charge in [-0.2, -0.15) is 13.2 Å². The molecule has 1 amide bonds. The Bertz CT molecular complexity index is 633. The summed E-state index contributed by atoms with van der Waals surface area (Å²) in [5.41, 5.74) is -0.898. The predicted octanol–water partition coefficient (Wildman–Crippen LogP) is 2.16. The minimum atomic E-state index is -4.53. The highest BCUT2D eigenvalue weighted by Crippen LogP contribution is 2.32. The lowest BCUT2D eigenvalue weighted by Gasteiger charge is -2.16. The average Bonchev–Trinajstić information content (AvgIpc) is 2.70. The number of carbonyl (C=O) groups excluding carboxylic acids is 1. The smallest absolute Gasteiger partial charge is 0.416 e. The van der Waals surface area contributed by atoms with E-state index in [1.165, 1.54) is 12.1 Å². The highest BCUT2D eigenvalue weighted by Gasteiger charge is 2.38. The second-order valence-electron chi connectivity index (χ2n) is 4.66. The average molecular weight is 332 g/mol. The van der Waals surface area contributed by atoms with Gasteiger partial charge in [-0.1, -0.05) is 6.07 Å². The first kappa shape index (κ1) is 16.2. The van der Waals surface area contributed by atoms with E-state index in [0.29, 0.717) is 0 Å². The number of hydrogen-bond donors (Lipinski definition) is 2. The highest BCUT2D eigenvalue weighted by atomic mass is 32.1. The number of carboxylic acids is 1. The van der Waals surface area contributed by atoms with Crippen LogP contribution < -0.4 is 10.2 Å². The van der Waals surface area contributed by atoms with Crippen LogP contribution in [0.15, 0.2) is 24.3 Å². The van der Waals surface area contributed by atoms with Crippen LogP contribution in [0.2, 0.25) is 0 Å². The summed E-state index contributed by atoms with van der Waals surface area (Å²) >= 11 is 4.96. The SMILES string of the molecule is O=C(O)CCC1NC(=S)N(c2cccc(C(F)(F)F)c2)C1=O. The standard InChI is InChI=1S/C13H11F3N2O3S/c14-13(15,16)7-2-1-3-8(6-7)18-11(21)9(17-12(18)22)4-5-10(19)20/h1-3,6,9H,4-5H2,(H,17,22)(H,19,20). The number of carbonyl (C=O) groups is 2. The zero-order valence-electron chi connectivity index (χ0n) is 11.1. The third-order valence-electron chi connectivity index (χ3n) is 3.10. The van der Waals surface area contributed by atoms with Gasteiger partial charge in [0.05, 0.1) is 11.3 Å². The first-order chi connectivity index (χ1) is 10.2. The summed E-state index contributed by atoms with van der Waals surface area (Å²) in [5, 5.41) is 11.2. The Morgan fingerprint density at radius 2 is 2.09 bits per heavy atom. The van der Waals surface area contributed by atoms with E-state index in [9.17, 15) is 22.8 Å². The summed E-state index contributed by atoms with van der Waals surface area (Å²) in [6.07, 6.45) is -4.78. The molecule has 118 valence electrons. The Hall–Kier alpha value is -2.16. The molecule has 0 aliphatic carbocycles. The Morgan fingerprint density at radius 3 is 2.68 bits per heavy atom. The maximum Gasteiger partial charge on any atom is 0.416 e. The number of amides is 1. The molecule has 1 fully saturated rings. The number of nitrogens with zero attached hydrogens (tertiary/aromatic N) is 1. The molecule has 5 nitrogen and oxygen atoms in total. The van der Waals surface area contributed by atoms with Crippen LogP contribution in [-0.4, -0.2) is 28.1 Å². The van der Waals surface area contributed by atoms with Crippen molar-refractivity contribution in [1.29, 1.82) is 0 Å². The molecular formula is C13H11F3N2O3S. The van der Waals surface area contributed by atoms with Crippen LogP contribution >= 0.6 is 12.2 Å². The Balaban J connectivity index is 2.24. The third kappa shape index (κ3) is 3.35. The topological polar surface area (TPSA) is 69.6 Å². The van der Waals surface area contributed by atoms with Gasteiger partial charge in [0.2, 0.25) is 0 Å². The summed E-state index contributed by atoms with van der Waals surface area (Å²) in [5.74, 6) is -1.64. The van der Waals surface area contributed by atoms with Crippen molar-refractivity contribution >= 4 is 34.9 Å². The molecule has 2 rings (SSSR count). The zero-order valence-corrected chi connectivity index (χ0v) is 11.9. The Labute approximate surface area is 128 Å². The molecule has 0 bridgehead atoms. The summed E-state index contributed by atoms with van der Waals surface area (Å²) in [4.78, 5) is 23.7. The van der Waals surface area contributed by atoms with Crippen molar-refractivity contribution in [2.45, 2.75) is 25.1 Å². The molecule has 0 spiro atoms. The molecule has 2 N–H and O–H groups in total. The second kappa shape index (κ2) is 5.91. The maximum absolute atomic E-state index is 12.7. The lowest BCUT2D eigenvalue weighted by molar-refractivity contribution is -0.138. The fourth-order valence-corrected chi connectivity index (χ4v) is 2.40. The lowest BCUT2D eigenvalue weighted by atomic mass is 10.1. The number of benzene rings is 1. The van der Waals surface area contributed by atoms with Crippen LogP contribution in [0.25, 0.3) is 0 Å². The molecule has 1 aromatic rings. The minimum Gasteiger partial charge on any atom is -0.481 e. The quantitative estimate of drug-likeness (QED) is 0.827. The fraction of sp³-hybridized carbons (Fsp3) is 0.308. The first-order valence-corrected chi connectivity index (χ1v) is 6.64. The van der Waals surface area contributed by atoms with Crippen molar-refractivity contribution in [3.05, 3.63) is 29.8 Å². The molecule has 1 atom stereocenters. The third-order valence-corrected chi connectivity index (χ3v) is 3.40. The summed E-state index contributed by atoms with van der Waals surface area (Å²) in [6.45, 7) is 0. The van der Waals surface area contributed by atoms with Gasteiger partial charge in [0, 0.05) is 6.42 Å². The van der Waals surface area contributed by atoms with Gasteiger partial charge in [-0.05, 0) is 36.8 Å². The van der Waals surface area contributed by atoms with E-state index in [0.717, 1.165) is 17.0 Å². The number of nitrogens with one attached hydrogen (secondary N) is 1. The Kier molecular flexibility index (Phi) is 4.36. The number of aliphatic carboxylic acids is 1. The van der Waals surface area contributed by atoms with Gasteiger partial charge in [-0.15, -0.1) is 0 Å². The van der Waals surface area contributed by atoms with Gasteiger partial charge >= 0.3 is 12.1 Å². The molecule has 1 unspecified atom stereocenters. The van der Waals surface area contributed by atoms with Crippen molar-refractivity contribution in [3.63, 3.8) is 0 Å². The summed E-state index contributed by atoms with van der Waals surface area (Å²) in [6, 6.07) is 3.38. The number of hydrogen-bond acceptors (Lipinski definition) is 3. The molecule has 0 aromatic heterocycles. The number of thiocarbonyl (C=S) groups is 1. The molecule has 1 aliphatic rings. The van der Waals surface area contributed by atoms with Crippen molar-refractivity contribution in [1.82, 2.24) is 5.32 Å². The molecule has 1 aliphatic heterocycles. The van der Waals surface area contributed by atoms with E-state index >= 15 is 0 Å². The normalized spacial score (nSPS) is 18.5. The van der Waals surface area contributed by atoms with Gasteiger partial charge in [0.1, 0.15) is 6.04 Å². The van der Waals surface area contributed by atoms with Gasteiger partial charge < -0.3 is 10.4 Å². The monoisotopic (exact) mass is 332 g/mol. The molecule has 9 heteroatoms. The zero-order chi connectivity index (χ0) is 16.5. The largest absolute Gasteiger partial charge is 0.481 e. The fourth-order valence-electron chi connectivity index (χ4n) is 2.06. The number of carboxylic acid groups (broad SMARTS) is 1. The number of rotatable bonds is 4. The number of alkyl halides is 3. The van der Waals surface area contributed by atoms with Crippen LogP contribution in [0.4, 0.5) is 18.9 Å². The predicted molar refractivity (Wildman–Crippen MR) is 75.3 cm³/mol. The minimum absolute atomic E-state index is 0.00374.